The van der Waals surface area contributed by atoms with E-state index in [0.717, 1.165) is 19.3 Å². The molecule has 0 aromatic carbocycles. The Bertz CT molecular complexity index is 457. The maximum absolute atomic E-state index is 5.79. The van der Waals surface area contributed by atoms with E-state index in [2.05, 4.69) is 25.7 Å². The number of rotatable bonds is 5. The summed E-state index contributed by atoms with van der Waals surface area (Å²) < 4.78 is 11.1. The lowest BCUT2D eigenvalue weighted by Crippen LogP contribution is -2.31. The SMILES string of the molecule is CCOc1nc(NN)nc(NC2CC3CCC2O3)n1. The number of hydrazine groups is 1. The molecule has 0 saturated carbocycles. The van der Waals surface area contributed by atoms with Gasteiger partial charge in [-0.1, -0.05) is 0 Å². The van der Waals surface area contributed by atoms with Crippen LogP contribution in [-0.4, -0.2) is 39.8 Å². The van der Waals surface area contributed by atoms with E-state index < -0.39 is 0 Å². The Labute approximate surface area is 111 Å². The van der Waals surface area contributed by atoms with Gasteiger partial charge in [0.1, 0.15) is 0 Å². The molecule has 0 spiro atoms. The van der Waals surface area contributed by atoms with E-state index in [9.17, 15) is 0 Å². The number of ether oxygens (including phenoxy) is 2. The summed E-state index contributed by atoms with van der Waals surface area (Å²) in [5, 5.41) is 3.28. The first-order valence-corrected chi connectivity index (χ1v) is 6.56. The number of nitrogens with two attached hydrogens (primary N) is 1. The first-order valence-electron chi connectivity index (χ1n) is 6.56. The summed E-state index contributed by atoms with van der Waals surface area (Å²) >= 11 is 0. The highest BCUT2D eigenvalue weighted by Crippen LogP contribution is 2.35. The molecule has 1 aromatic rings. The normalized spacial score (nSPS) is 28.4. The molecular weight excluding hydrogens is 248 g/mol. The van der Waals surface area contributed by atoms with Gasteiger partial charge in [0.15, 0.2) is 0 Å². The predicted molar refractivity (Wildman–Crippen MR) is 68.7 cm³/mol. The Morgan fingerprint density at radius 1 is 1.32 bits per heavy atom. The second-order valence-electron chi connectivity index (χ2n) is 4.70. The Hall–Kier alpha value is -1.67. The summed E-state index contributed by atoms with van der Waals surface area (Å²) in [5.41, 5.74) is 2.41. The Kier molecular flexibility index (Phi) is 3.34. The molecule has 8 heteroatoms. The number of nitrogens with zero attached hydrogens (tertiary/aromatic N) is 3. The third-order valence-corrected chi connectivity index (χ3v) is 3.44. The molecule has 3 unspecified atom stereocenters. The lowest BCUT2D eigenvalue weighted by molar-refractivity contribution is 0.102. The van der Waals surface area contributed by atoms with Gasteiger partial charge in [0.2, 0.25) is 11.9 Å². The van der Waals surface area contributed by atoms with Gasteiger partial charge >= 0.3 is 6.01 Å². The Balaban J connectivity index is 1.74. The maximum Gasteiger partial charge on any atom is 0.323 e. The van der Waals surface area contributed by atoms with Crippen molar-refractivity contribution in [3.05, 3.63) is 0 Å². The molecule has 3 heterocycles. The van der Waals surface area contributed by atoms with Crippen molar-refractivity contribution in [3.8, 4) is 6.01 Å². The van der Waals surface area contributed by atoms with Crippen LogP contribution in [0.1, 0.15) is 26.2 Å². The third kappa shape index (κ3) is 2.54. The van der Waals surface area contributed by atoms with Gasteiger partial charge in [-0.2, -0.15) is 15.0 Å². The van der Waals surface area contributed by atoms with E-state index in [-0.39, 0.29) is 24.1 Å². The van der Waals surface area contributed by atoms with Gasteiger partial charge in [0.05, 0.1) is 24.9 Å². The van der Waals surface area contributed by atoms with Crippen LogP contribution in [0.25, 0.3) is 0 Å². The summed E-state index contributed by atoms with van der Waals surface area (Å²) in [6, 6.07) is 0.512. The molecule has 104 valence electrons. The molecule has 4 N–H and O–H groups in total. The summed E-state index contributed by atoms with van der Waals surface area (Å²) in [5.74, 6) is 6.09. The standard InChI is InChI=1S/C11H18N6O2/c1-2-18-11-15-9(14-10(16-11)17-12)13-7-5-6-3-4-8(7)19-6/h6-8H,2-5,12H2,1H3,(H2,13,14,15,16,17). The molecule has 2 fully saturated rings. The van der Waals surface area contributed by atoms with Crippen LogP contribution >= 0.6 is 0 Å². The molecule has 3 rings (SSSR count). The van der Waals surface area contributed by atoms with Crippen molar-refractivity contribution in [3.63, 3.8) is 0 Å². The zero-order valence-electron chi connectivity index (χ0n) is 10.8. The van der Waals surface area contributed by atoms with Gasteiger partial charge in [-0.15, -0.1) is 0 Å². The monoisotopic (exact) mass is 266 g/mol. The Morgan fingerprint density at radius 3 is 2.79 bits per heavy atom. The number of aromatic nitrogens is 3. The summed E-state index contributed by atoms with van der Waals surface area (Å²) in [7, 11) is 0. The van der Waals surface area contributed by atoms with Crippen molar-refractivity contribution in [1.82, 2.24) is 15.0 Å². The van der Waals surface area contributed by atoms with E-state index in [1.165, 1.54) is 0 Å². The maximum atomic E-state index is 5.79. The average molecular weight is 266 g/mol. The molecule has 2 aliphatic rings. The van der Waals surface area contributed by atoms with Crippen molar-refractivity contribution in [2.24, 2.45) is 5.84 Å². The molecule has 0 radical (unpaired) electrons. The van der Waals surface area contributed by atoms with Crippen LogP contribution in [0.2, 0.25) is 0 Å². The van der Waals surface area contributed by atoms with Crippen molar-refractivity contribution in [2.45, 2.75) is 44.4 Å². The number of hydrogen-bond acceptors (Lipinski definition) is 8. The minimum Gasteiger partial charge on any atom is -0.464 e. The van der Waals surface area contributed by atoms with Gasteiger partial charge < -0.3 is 14.8 Å². The zero-order chi connectivity index (χ0) is 13.2. The molecular formula is C11H18N6O2. The fourth-order valence-corrected chi connectivity index (χ4v) is 2.63. The molecule has 3 atom stereocenters. The molecule has 0 aliphatic carbocycles. The Morgan fingerprint density at radius 2 is 2.16 bits per heavy atom. The lowest BCUT2D eigenvalue weighted by Gasteiger charge is -2.20. The van der Waals surface area contributed by atoms with E-state index in [0.29, 0.717) is 18.7 Å². The fourth-order valence-electron chi connectivity index (χ4n) is 2.63. The second kappa shape index (κ2) is 5.14. The van der Waals surface area contributed by atoms with Crippen molar-refractivity contribution in [1.29, 1.82) is 0 Å². The number of anilines is 2. The highest BCUT2D eigenvalue weighted by atomic mass is 16.5. The quantitative estimate of drug-likeness (QED) is 0.515. The van der Waals surface area contributed by atoms with Crippen LogP contribution in [0.4, 0.5) is 11.9 Å². The van der Waals surface area contributed by atoms with Crippen LogP contribution in [0.15, 0.2) is 0 Å². The minimum absolute atomic E-state index is 0.251. The number of nitrogen functional groups attached to an aromatic ring is 1. The molecule has 0 amide bonds. The highest BCUT2D eigenvalue weighted by molar-refractivity contribution is 5.36. The van der Waals surface area contributed by atoms with Crippen LogP contribution in [0, 0.1) is 0 Å². The first-order chi connectivity index (χ1) is 9.28. The van der Waals surface area contributed by atoms with Crippen molar-refractivity contribution in [2.75, 3.05) is 17.3 Å². The minimum atomic E-state index is 0.251. The van der Waals surface area contributed by atoms with Gasteiger partial charge in [-0.3, -0.25) is 5.43 Å². The number of nitrogens with one attached hydrogen (secondary N) is 2. The van der Waals surface area contributed by atoms with Crippen LogP contribution in [0.5, 0.6) is 6.01 Å². The summed E-state index contributed by atoms with van der Waals surface area (Å²) in [6.45, 7) is 2.36. The van der Waals surface area contributed by atoms with E-state index >= 15 is 0 Å². The predicted octanol–water partition coefficient (Wildman–Crippen LogP) is 0.288. The van der Waals surface area contributed by atoms with Gasteiger partial charge in [0.25, 0.3) is 0 Å². The molecule has 19 heavy (non-hydrogen) atoms. The highest BCUT2D eigenvalue weighted by Gasteiger charge is 2.41. The zero-order valence-corrected chi connectivity index (χ0v) is 10.8. The third-order valence-electron chi connectivity index (χ3n) is 3.44. The van der Waals surface area contributed by atoms with E-state index in [1.54, 1.807) is 0 Å². The van der Waals surface area contributed by atoms with E-state index in [4.69, 9.17) is 15.3 Å². The molecule has 2 saturated heterocycles. The number of fused-ring (bicyclic) bond motifs is 2. The van der Waals surface area contributed by atoms with Gasteiger partial charge in [0, 0.05) is 0 Å². The fraction of sp³-hybridized carbons (Fsp3) is 0.727. The number of hydrogen-bond donors (Lipinski definition) is 3. The lowest BCUT2D eigenvalue weighted by atomic mass is 9.96. The van der Waals surface area contributed by atoms with Crippen molar-refractivity contribution >= 4 is 11.9 Å². The van der Waals surface area contributed by atoms with Crippen molar-refractivity contribution < 1.29 is 9.47 Å². The first kappa shape index (κ1) is 12.4. The van der Waals surface area contributed by atoms with E-state index in [1.807, 2.05) is 6.92 Å². The largest absolute Gasteiger partial charge is 0.464 e. The molecule has 8 nitrogen and oxygen atoms in total. The molecule has 1 aromatic heterocycles. The topological polar surface area (TPSA) is 107 Å². The van der Waals surface area contributed by atoms with Gasteiger partial charge in [-0.05, 0) is 26.2 Å². The smallest absolute Gasteiger partial charge is 0.323 e. The average Bonchev–Trinajstić information content (AvgIpc) is 3.01. The van der Waals surface area contributed by atoms with Crippen LogP contribution in [0.3, 0.4) is 0 Å². The van der Waals surface area contributed by atoms with Crippen LogP contribution in [-0.2, 0) is 4.74 Å². The van der Waals surface area contributed by atoms with Crippen LogP contribution < -0.4 is 21.3 Å². The van der Waals surface area contributed by atoms with Gasteiger partial charge in [-0.25, -0.2) is 5.84 Å². The molecule has 2 aliphatic heterocycles. The molecule has 2 bridgehead atoms. The second-order valence-corrected chi connectivity index (χ2v) is 4.70. The summed E-state index contributed by atoms with van der Waals surface area (Å²) in [4.78, 5) is 12.4. The summed E-state index contributed by atoms with van der Waals surface area (Å²) in [6.07, 6.45) is 3.87.